The largest absolute Gasteiger partial charge is 0.323 e. The van der Waals surface area contributed by atoms with Crippen molar-refractivity contribution in [2.75, 3.05) is 18.0 Å². The Morgan fingerprint density at radius 2 is 1.87 bits per heavy atom. The van der Waals surface area contributed by atoms with E-state index in [4.69, 9.17) is 16.6 Å². The highest BCUT2D eigenvalue weighted by atomic mass is 35.5. The minimum Gasteiger partial charge on any atom is -0.323 e. The molecule has 2 aliphatic rings. The summed E-state index contributed by atoms with van der Waals surface area (Å²) in [5.74, 6) is 0.688. The van der Waals surface area contributed by atoms with E-state index in [9.17, 15) is 4.39 Å². The number of hydrogen-bond donors (Lipinski definition) is 0. The van der Waals surface area contributed by atoms with Crippen LogP contribution in [0, 0.1) is 5.82 Å². The second-order valence-corrected chi connectivity index (χ2v) is 6.18. The third kappa shape index (κ3) is 2.34. The lowest BCUT2D eigenvalue weighted by Crippen LogP contribution is -2.37. The zero-order valence-electron chi connectivity index (χ0n) is 12.6. The van der Waals surface area contributed by atoms with Crippen LogP contribution in [0.2, 0.25) is 5.02 Å². The molecule has 0 saturated carbocycles. The molecule has 2 aliphatic heterocycles. The van der Waals surface area contributed by atoms with Crippen molar-refractivity contribution in [3.8, 4) is 0 Å². The van der Waals surface area contributed by atoms with E-state index in [1.165, 1.54) is 6.07 Å². The summed E-state index contributed by atoms with van der Waals surface area (Å²) in [5, 5.41) is 0.611. The molecule has 0 aromatic heterocycles. The normalized spacial score (nSPS) is 19.6. The molecule has 23 heavy (non-hydrogen) atoms. The smallest absolute Gasteiger partial charge is 0.132 e. The summed E-state index contributed by atoms with van der Waals surface area (Å²) in [6, 6.07) is 12.6. The van der Waals surface area contributed by atoms with Crippen LogP contribution in [0.3, 0.4) is 0 Å². The van der Waals surface area contributed by atoms with Crippen molar-refractivity contribution >= 4 is 28.8 Å². The van der Waals surface area contributed by atoms with E-state index in [1.807, 2.05) is 31.2 Å². The molecule has 0 unspecified atom stereocenters. The summed E-state index contributed by atoms with van der Waals surface area (Å²) >= 11 is 6.20. The zero-order chi connectivity index (χ0) is 16.0. The highest BCUT2D eigenvalue weighted by Gasteiger charge is 2.32. The van der Waals surface area contributed by atoms with Crippen LogP contribution in [0.25, 0.3) is 0 Å². The predicted octanol–water partition coefficient (Wildman–Crippen LogP) is 3.94. The van der Waals surface area contributed by atoms with Crippen LogP contribution in [0.15, 0.2) is 52.4 Å². The molecule has 0 radical (unpaired) electrons. The van der Waals surface area contributed by atoms with Crippen LogP contribution in [0.4, 0.5) is 10.1 Å². The Labute approximate surface area is 139 Å². The van der Waals surface area contributed by atoms with Gasteiger partial charge in [0.25, 0.3) is 0 Å². The molecule has 0 amide bonds. The van der Waals surface area contributed by atoms with Gasteiger partial charge in [-0.3, -0.25) is 9.98 Å². The third-order valence-corrected chi connectivity index (χ3v) is 4.54. The van der Waals surface area contributed by atoms with Crippen molar-refractivity contribution in [2.45, 2.75) is 13.0 Å². The van der Waals surface area contributed by atoms with Gasteiger partial charge in [0.1, 0.15) is 11.7 Å². The van der Waals surface area contributed by atoms with Crippen LogP contribution in [-0.2, 0) is 0 Å². The van der Waals surface area contributed by atoms with Gasteiger partial charge in [0.15, 0.2) is 0 Å². The first kappa shape index (κ1) is 14.4. The van der Waals surface area contributed by atoms with Crippen molar-refractivity contribution in [1.29, 1.82) is 0 Å². The molecule has 0 spiro atoms. The monoisotopic (exact) mass is 327 g/mol. The average Bonchev–Trinajstić information content (AvgIpc) is 2.82. The number of benzene rings is 2. The number of rotatable bonds is 1. The second-order valence-electron chi connectivity index (χ2n) is 5.74. The molecule has 2 aromatic carbocycles. The molecule has 2 aromatic rings. The number of amidine groups is 1. The van der Waals surface area contributed by atoms with E-state index in [2.05, 4.69) is 9.89 Å². The fourth-order valence-electron chi connectivity index (χ4n) is 3.24. The van der Waals surface area contributed by atoms with Gasteiger partial charge in [-0.05, 0) is 37.3 Å². The molecule has 0 bridgehead atoms. The van der Waals surface area contributed by atoms with Crippen LogP contribution < -0.4 is 4.90 Å². The van der Waals surface area contributed by atoms with Crippen molar-refractivity contribution < 1.29 is 4.39 Å². The van der Waals surface area contributed by atoms with Gasteiger partial charge in [0.2, 0.25) is 0 Å². The number of nitrogens with zero attached hydrogens (tertiary/aromatic N) is 3. The van der Waals surface area contributed by atoms with Gasteiger partial charge in [0.05, 0.1) is 30.5 Å². The molecule has 3 nitrogen and oxygen atoms in total. The Morgan fingerprint density at radius 1 is 1.09 bits per heavy atom. The highest BCUT2D eigenvalue weighted by Crippen LogP contribution is 2.33. The maximum Gasteiger partial charge on any atom is 0.132 e. The molecule has 0 saturated heterocycles. The minimum atomic E-state index is -0.273. The SMILES string of the molecule is CC1=NC[C@@H]2CN=C(c3ccccc3F)c3cc(Cl)ccc3N12. The lowest BCUT2D eigenvalue weighted by atomic mass is 9.99. The van der Waals surface area contributed by atoms with Gasteiger partial charge in [-0.25, -0.2) is 4.39 Å². The van der Waals surface area contributed by atoms with E-state index >= 15 is 0 Å². The van der Waals surface area contributed by atoms with Gasteiger partial charge in [0, 0.05) is 16.1 Å². The summed E-state index contributed by atoms with van der Waals surface area (Å²) < 4.78 is 14.3. The second kappa shape index (κ2) is 5.46. The Hall–Kier alpha value is -2.20. The molecule has 0 fully saturated rings. The van der Waals surface area contributed by atoms with Crippen LogP contribution in [0.5, 0.6) is 0 Å². The average molecular weight is 328 g/mol. The molecule has 0 N–H and O–H groups in total. The summed E-state index contributed by atoms with van der Waals surface area (Å²) in [7, 11) is 0. The zero-order valence-corrected chi connectivity index (χ0v) is 13.4. The lowest BCUT2D eigenvalue weighted by Gasteiger charge is -2.26. The highest BCUT2D eigenvalue weighted by molar-refractivity contribution is 6.31. The maximum atomic E-state index is 14.3. The Morgan fingerprint density at radius 3 is 2.70 bits per heavy atom. The number of fused-ring (bicyclic) bond motifs is 3. The summed E-state index contributed by atoms with van der Waals surface area (Å²) in [5.41, 5.74) is 2.99. The molecular formula is C18H15ClFN3. The van der Waals surface area contributed by atoms with E-state index in [0.29, 0.717) is 29.4 Å². The number of halogens is 2. The topological polar surface area (TPSA) is 28.0 Å². The summed E-state index contributed by atoms with van der Waals surface area (Å²) in [4.78, 5) is 11.4. The molecule has 4 rings (SSSR count). The first-order valence-electron chi connectivity index (χ1n) is 7.54. The third-order valence-electron chi connectivity index (χ3n) is 4.31. The van der Waals surface area contributed by atoms with Crippen molar-refractivity contribution in [1.82, 2.24) is 0 Å². The lowest BCUT2D eigenvalue weighted by molar-refractivity contribution is 0.625. The minimum absolute atomic E-state index is 0.180. The summed E-state index contributed by atoms with van der Waals surface area (Å²) in [6.45, 7) is 3.28. The van der Waals surface area contributed by atoms with E-state index in [1.54, 1.807) is 12.1 Å². The quantitative estimate of drug-likeness (QED) is 0.779. The van der Waals surface area contributed by atoms with Gasteiger partial charge < -0.3 is 4.90 Å². The number of hydrogen-bond acceptors (Lipinski definition) is 3. The van der Waals surface area contributed by atoms with Gasteiger partial charge >= 0.3 is 0 Å². The molecule has 1 atom stereocenters. The summed E-state index contributed by atoms with van der Waals surface area (Å²) in [6.07, 6.45) is 0. The molecule has 116 valence electrons. The fraction of sp³-hybridized carbons (Fsp3) is 0.222. The number of aliphatic imine (C=N–C) groups is 2. The fourth-order valence-corrected chi connectivity index (χ4v) is 3.42. The molecule has 0 aliphatic carbocycles. The van der Waals surface area contributed by atoms with Crippen molar-refractivity contribution in [3.05, 3.63) is 64.4 Å². The standard InChI is InChI=1S/C18H15ClFN3/c1-11-21-9-13-10-22-18(14-4-2-3-5-16(14)20)15-8-12(19)6-7-17(15)23(11)13/h2-8,13H,9-10H2,1H3/t13-/m1/s1. The van der Waals surface area contributed by atoms with E-state index in [0.717, 1.165) is 17.1 Å². The van der Waals surface area contributed by atoms with Crippen LogP contribution >= 0.6 is 11.6 Å². The van der Waals surface area contributed by atoms with Gasteiger partial charge in [-0.1, -0.05) is 23.7 Å². The molecule has 2 heterocycles. The van der Waals surface area contributed by atoms with Crippen LogP contribution in [0.1, 0.15) is 18.1 Å². The van der Waals surface area contributed by atoms with E-state index in [-0.39, 0.29) is 11.9 Å². The predicted molar refractivity (Wildman–Crippen MR) is 92.6 cm³/mol. The Balaban J connectivity index is 1.95. The van der Waals surface area contributed by atoms with Crippen LogP contribution in [-0.4, -0.2) is 30.7 Å². The van der Waals surface area contributed by atoms with Crippen molar-refractivity contribution in [3.63, 3.8) is 0 Å². The molecular weight excluding hydrogens is 313 g/mol. The van der Waals surface area contributed by atoms with Crippen molar-refractivity contribution in [2.24, 2.45) is 9.98 Å². The van der Waals surface area contributed by atoms with Gasteiger partial charge in [-0.15, -0.1) is 0 Å². The number of anilines is 1. The maximum absolute atomic E-state index is 14.3. The van der Waals surface area contributed by atoms with Gasteiger partial charge in [-0.2, -0.15) is 0 Å². The Bertz CT molecular complexity index is 844. The first-order valence-corrected chi connectivity index (χ1v) is 7.92. The Kier molecular flexibility index (Phi) is 3.42. The van der Waals surface area contributed by atoms with E-state index < -0.39 is 0 Å². The molecule has 5 heteroatoms. The first-order chi connectivity index (χ1) is 11.1.